The zero-order valence-corrected chi connectivity index (χ0v) is 11.7. The molecule has 5 nitrogen and oxygen atoms in total. The van der Waals surface area contributed by atoms with E-state index in [0.717, 1.165) is 0 Å². The second kappa shape index (κ2) is 4.79. The minimum absolute atomic E-state index is 0.303. The minimum Gasteiger partial charge on any atom is -0.493 e. The van der Waals surface area contributed by atoms with Gasteiger partial charge in [0.05, 0.1) is 14.2 Å². The second-order valence-electron chi connectivity index (χ2n) is 4.78. The van der Waals surface area contributed by atoms with E-state index in [2.05, 4.69) is 5.32 Å². The first-order chi connectivity index (χ1) is 10.1. The molecule has 1 unspecified atom stereocenters. The molecule has 21 heavy (non-hydrogen) atoms. The summed E-state index contributed by atoms with van der Waals surface area (Å²) in [5, 5.41) is 13.6. The third kappa shape index (κ3) is 1.94. The lowest BCUT2D eigenvalue weighted by molar-refractivity contribution is 0.0474. The Morgan fingerprint density at radius 2 is 1.76 bits per heavy atom. The third-order valence-corrected chi connectivity index (χ3v) is 3.66. The molecule has 0 radical (unpaired) electrons. The fourth-order valence-electron chi connectivity index (χ4n) is 2.58. The topological polar surface area (TPSA) is 67.8 Å². The van der Waals surface area contributed by atoms with Gasteiger partial charge in [-0.2, -0.15) is 0 Å². The summed E-state index contributed by atoms with van der Waals surface area (Å²) >= 11 is 0. The predicted octanol–water partition coefficient (Wildman–Crippen LogP) is 1.64. The van der Waals surface area contributed by atoms with Crippen molar-refractivity contribution in [2.45, 2.75) is 5.72 Å². The molecule has 1 atom stereocenters. The van der Waals surface area contributed by atoms with Crippen molar-refractivity contribution in [1.29, 1.82) is 0 Å². The van der Waals surface area contributed by atoms with Crippen molar-refractivity contribution in [2.24, 2.45) is 0 Å². The van der Waals surface area contributed by atoms with Gasteiger partial charge in [0.15, 0.2) is 17.2 Å². The van der Waals surface area contributed by atoms with Crippen LogP contribution in [0.15, 0.2) is 42.5 Å². The van der Waals surface area contributed by atoms with Crippen LogP contribution in [0.4, 0.5) is 0 Å². The molecule has 1 aliphatic heterocycles. The largest absolute Gasteiger partial charge is 0.493 e. The molecule has 3 rings (SSSR count). The quantitative estimate of drug-likeness (QED) is 0.899. The standard InChI is InChI=1S/C16H15NO4/c1-20-13-8-7-10(9-14(13)21-2)16(19)12-6-4-3-5-11(12)15(18)17-16/h3-9,19H,1-2H3,(H,17,18). The fourth-order valence-corrected chi connectivity index (χ4v) is 2.58. The average molecular weight is 285 g/mol. The van der Waals surface area contributed by atoms with E-state index >= 15 is 0 Å². The molecule has 1 amide bonds. The molecule has 5 heteroatoms. The third-order valence-electron chi connectivity index (χ3n) is 3.66. The normalized spacial score (nSPS) is 19.9. The van der Waals surface area contributed by atoms with Crippen molar-refractivity contribution in [2.75, 3.05) is 14.2 Å². The molecule has 2 aromatic carbocycles. The van der Waals surface area contributed by atoms with E-state index in [4.69, 9.17) is 9.47 Å². The molecule has 2 aromatic rings. The maximum atomic E-state index is 12.0. The SMILES string of the molecule is COc1ccc(C2(O)NC(=O)c3ccccc32)cc1OC. The van der Waals surface area contributed by atoms with Gasteiger partial charge in [-0.1, -0.05) is 18.2 Å². The molecule has 0 bridgehead atoms. The summed E-state index contributed by atoms with van der Waals surface area (Å²) in [6.45, 7) is 0. The van der Waals surface area contributed by atoms with Gasteiger partial charge in [-0.05, 0) is 24.3 Å². The van der Waals surface area contributed by atoms with Crippen LogP contribution in [0.1, 0.15) is 21.5 Å². The van der Waals surface area contributed by atoms with Crippen LogP contribution in [0.3, 0.4) is 0 Å². The summed E-state index contributed by atoms with van der Waals surface area (Å²) in [5.41, 5.74) is -0.0526. The summed E-state index contributed by atoms with van der Waals surface area (Å²) in [5.74, 6) is 0.743. The van der Waals surface area contributed by atoms with Crippen molar-refractivity contribution in [3.8, 4) is 11.5 Å². The summed E-state index contributed by atoms with van der Waals surface area (Å²) in [6.07, 6.45) is 0. The first-order valence-electron chi connectivity index (χ1n) is 6.47. The minimum atomic E-state index is -1.56. The van der Waals surface area contributed by atoms with Crippen molar-refractivity contribution in [1.82, 2.24) is 5.32 Å². The lowest BCUT2D eigenvalue weighted by Crippen LogP contribution is -2.40. The first kappa shape index (κ1) is 13.5. The van der Waals surface area contributed by atoms with Gasteiger partial charge < -0.3 is 19.9 Å². The first-order valence-corrected chi connectivity index (χ1v) is 6.47. The maximum Gasteiger partial charge on any atom is 0.254 e. The molecule has 0 fully saturated rings. The van der Waals surface area contributed by atoms with E-state index in [1.165, 1.54) is 7.11 Å². The molecule has 2 N–H and O–H groups in total. The van der Waals surface area contributed by atoms with Gasteiger partial charge >= 0.3 is 0 Å². The fraction of sp³-hybridized carbons (Fsp3) is 0.188. The number of methoxy groups -OCH3 is 2. The number of amides is 1. The van der Waals surface area contributed by atoms with Crippen LogP contribution in [-0.4, -0.2) is 25.2 Å². The van der Waals surface area contributed by atoms with Crippen molar-refractivity contribution >= 4 is 5.91 Å². The number of carbonyl (C=O) groups excluding carboxylic acids is 1. The zero-order chi connectivity index (χ0) is 15.0. The van der Waals surface area contributed by atoms with E-state index in [9.17, 15) is 9.90 Å². The van der Waals surface area contributed by atoms with Gasteiger partial charge in [-0.15, -0.1) is 0 Å². The van der Waals surface area contributed by atoms with Gasteiger partial charge in [-0.3, -0.25) is 4.79 Å². The second-order valence-corrected chi connectivity index (χ2v) is 4.78. The molecule has 1 heterocycles. The number of ether oxygens (including phenoxy) is 2. The van der Waals surface area contributed by atoms with Gasteiger partial charge in [0.25, 0.3) is 5.91 Å². The summed E-state index contributed by atoms with van der Waals surface area (Å²) in [7, 11) is 3.06. The molecule has 0 aliphatic carbocycles. The van der Waals surface area contributed by atoms with E-state index in [1.54, 1.807) is 49.6 Å². The van der Waals surface area contributed by atoms with Crippen LogP contribution in [0.25, 0.3) is 0 Å². The van der Waals surface area contributed by atoms with Crippen LogP contribution < -0.4 is 14.8 Å². The number of carbonyl (C=O) groups is 1. The number of benzene rings is 2. The highest BCUT2D eigenvalue weighted by Crippen LogP contribution is 2.38. The highest BCUT2D eigenvalue weighted by Gasteiger charge is 2.42. The van der Waals surface area contributed by atoms with Gasteiger partial charge in [0, 0.05) is 16.7 Å². The van der Waals surface area contributed by atoms with Crippen LogP contribution in [0.2, 0.25) is 0 Å². The summed E-state index contributed by atoms with van der Waals surface area (Å²) in [6, 6.07) is 12.0. The Hall–Kier alpha value is -2.53. The summed E-state index contributed by atoms with van der Waals surface area (Å²) < 4.78 is 10.4. The molecule has 0 aromatic heterocycles. The predicted molar refractivity (Wildman–Crippen MR) is 76.5 cm³/mol. The molecular weight excluding hydrogens is 270 g/mol. The smallest absolute Gasteiger partial charge is 0.254 e. The molecule has 108 valence electrons. The van der Waals surface area contributed by atoms with E-state index < -0.39 is 5.72 Å². The Morgan fingerprint density at radius 3 is 2.48 bits per heavy atom. The Morgan fingerprint density at radius 1 is 1.05 bits per heavy atom. The van der Waals surface area contributed by atoms with Crippen LogP contribution in [-0.2, 0) is 5.72 Å². The van der Waals surface area contributed by atoms with Crippen LogP contribution >= 0.6 is 0 Å². The van der Waals surface area contributed by atoms with Crippen molar-refractivity contribution < 1.29 is 19.4 Å². The Balaban J connectivity index is 2.15. The molecular formula is C16H15NO4. The summed E-state index contributed by atoms with van der Waals surface area (Å²) in [4.78, 5) is 12.0. The maximum absolute atomic E-state index is 12.0. The molecule has 0 spiro atoms. The number of rotatable bonds is 3. The molecule has 0 saturated carbocycles. The highest BCUT2D eigenvalue weighted by molar-refractivity contribution is 6.00. The molecule has 0 saturated heterocycles. The van der Waals surface area contributed by atoms with Gasteiger partial charge in [0.2, 0.25) is 0 Å². The van der Waals surface area contributed by atoms with Crippen LogP contribution in [0, 0.1) is 0 Å². The average Bonchev–Trinajstić information content (AvgIpc) is 2.79. The van der Waals surface area contributed by atoms with Crippen LogP contribution in [0.5, 0.6) is 11.5 Å². The number of nitrogens with one attached hydrogen (secondary N) is 1. The van der Waals surface area contributed by atoms with Crippen molar-refractivity contribution in [3.63, 3.8) is 0 Å². The number of hydrogen-bond donors (Lipinski definition) is 2. The molecule has 1 aliphatic rings. The van der Waals surface area contributed by atoms with Gasteiger partial charge in [-0.25, -0.2) is 0 Å². The Labute approximate surface area is 122 Å². The lowest BCUT2D eigenvalue weighted by atomic mass is 9.94. The van der Waals surface area contributed by atoms with E-state index in [-0.39, 0.29) is 5.91 Å². The monoisotopic (exact) mass is 285 g/mol. The van der Waals surface area contributed by atoms with Gasteiger partial charge in [0.1, 0.15) is 0 Å². The number of hydrogen-bond acceptors (Lipinski definition) is 4. The number of aliphatic hydroxyl groups is 1. The Kier molecular flexibility index (Phi) is 3.07. The highest BCUT2D eigenvalue weighted by atomic mass is 16.5. The Bertz CT molecular complexity index is 713. The number of fused-ring (bicyclic) bond motifs is 1. The zero-order valence-electron chi connectivity index (χ0n) is 11.7. The lowest BCUT2D eigenvalue weighted by Gasteiger charge is -2.25. The van der Waals surface area contributed by atoms with E-state index in [1.807, 2.05) is 0 Å². The van der Waals surface area contributed by atoms with E-state index in [0.29, 0.717) is 28.2 Å². The van der Waals surface area contributed by atoms with Crippen molar-refractivity contribution in [3.05, 3.63) is 59.2 Å².